The van der Waals surface area contributed by atoms with Gasteiger partial charge in [0.15, 0.2) is 0 Å². The van der Waals surface area contributed by atoms with Crippen LogP contribution in [-0.2, 0) is 19.1 Å². The number of benzene rings is 1. The van der Waals surface area contributed by atoms with Crippen LogP contribution in [0.2, 0.25) is 0 Å². The van der Waals surface area contributed by atoms with Crippen LogP contribution >= 0.6 is 0 Å². The lowest BCUT2D eigenvalue weighted by Gasteiger charge is -2.36. The van der Waals surface area contributed by atoms with Crippen molar-refractivity contribution in [1.82, 2.24) is 9.80 Å². The molecule has 0 aromatic heterocycles. The zero-order valence-electron chi connectivity index (χ0n) is 15.9. The lowest BCUT2D eigenvalue weighted by molar-refractivity contribution is -0.152. The standard InChI is InChI=1S/C19H29N3O4/c1-16-5-4-6-17(15-16)20-7-9-21(10-8-20)18(23)19(24)22(11-13-25-2)12-14-26-3/h4-6,15H,7-14H2,1-3H3. The van der Waals surface area contributed by atoms with Crippen LogP contribution in [0.4, 0.5) is 5.69 Å². The topological polar surface area (TPSA) is 62.3 Å². The monoisotopic (exact) mass is 363 g/mol. The van der Waals surface area contributed by atoms with Crippen LogP contribution in [0.15, 0.2) is 24.3 Å². The second-order valence-electron chi connectivity index (χ2n) is 6.40. The minimum absolute atomic E-state index is 0.383. The average molecular weight is 363 g/mol. The van der Waals surface area contributed by atoms with Gasteiger partial charge in [0.05, 0.1) is 13.2 Å². The van der Waals surface area contributed by atoms with Crippen molar-refractivity contribution in [3.8, 4) is 0 Å². The first-order chi connectivity index (χ1) is 12.6. The first-order valence-corrected chi connectivity index (χ1v) is 8.94. The first kappa shape index (κ1) is 20.2. The van der Waals surface area contributed by atoms with Crippen LogP contribution in [0.1, 0.15) is 5.56 Å². The quantitative estimate of drug-likeness (QED) is 0.670. The molecule has 1 aliphatic rings. The van der Waals surface area contributed by atoms with Crippen molar-refractivity contribution in [1.29, 1.82) is 0 Å². The summed E-state index contributed by atoms with van der Waals surface area (Å²) in [6.45, 7) is 6.14. The Morgan fingerprint density at radius 3 is 2.19 bits per heavy atom. The summed E-state index contributed by atoms with van der Waals surface area (Å²) in [5.41, 5.74) is 2.37. The Kier molecular flexibility index (Phi) is 7.87. The minimum atomic E-state index is -0.483. The van der Waals surface area contributed by atoms with E-state index in [2.05, 4.69) is 30.0 Å². The number of piperazine rings is 1. The second-order valence-corrected chi connectivity index (χ2v) is 6.40. The highest BCUT2D eigenvalue weighted by Gasteiger charge is 2.29. The fourth-order valence-corrected chi connectivity index (χ4v) is 2.98. The SMILES string of the molecule is COCCN(CCOC)C(=O)C(=O)N1CCN(c2cccc(C)c2)CC1. The number of hydrogen-bond acceptors (Lipinski definition) is 5. The molecule has 0 radical (unpaired) electrons. The Labute approximate surface area is 155 Å². The van der Waals surface area contributed by atoms with Gasteiger partial charge < -0.3 is 24.2 Å². The molecule has 0 spiro atoms. The Balaban J connectivity index is 1.92. The average Bonchev–Trinajstić information content (AvgIpc) is 2.67. The summed E-state index contributed by atoms with van der Waals surface area (Å²) in [7, 11) is 3.15. The number of anilines is 1. The van der Waals surface area contributed by atoms with E-state index in [1.54, 1.807) is 19.1 Å². The van der Waals surface area contributed by atoms with Gasteiger partial charge in [-0.05, 0) is 24.6 Å². The lowest BCUT2D eigenvalue weighted by atomic mass is 10.2. The molecule has 144 valence electrons. The number of rotatable bonds is 7. The van der Waals surface area contributed by atoms with E-state index in [1.165, 1.54) is 10.5 Å². The highest BCUT2D eigenvalue weighted by atomic mass is 16.5. The number of methoxy groups -OCH3 is 2. The predicted molar refractivity (Wildman–Crippen MR) is 100 cm³/mol. The summed E-state index contributed by atoms with van der Waals surface area (Å²) >= 11 is 0. The van der Waals surface area contributed by atoms with Crippen LogP contribution in [0.5, 0.6) is 0 Å². The molecule has 0 bridgehead atoms. The number of hydrogen-bond donors (Lipinski definition) is 0. The van der Waals surface area contributed by atoms with E-state index in [4.69, 9.17) is 9.47 Å². The van der Waals surface area contributed by atoms with Gasteiger partial charge in [-0.1, -0.05) is 12.1 Å². The second kappa shape index (κ2) is 10.1. The highest BCUT2D eigenvalue weighted by Crippen LogP contribution is 2.18. The van der Waals surface area contributed by atoms with Gasteiger partial charge >= 0.3 is 11.8 Å². The van der Waals surface area contributed by atoms with Crippen LogP contribution in [-0.4, -0.2) is 88.3 Å². The molecule has 1 heterocycles. The van der Waals surface area contributed by atoms with Crippen LogP contribution in [0.3, 0.4) is 0 Å². The predicted octanol–water partition coefficient (Wildman–Crippen LogP) is 0.765. The number of amides is 2. The number of nitrogens with zero attached hydrogens (tertiary/aromatic N) is 3. The molecule has 0 unspecified atom stereocenters. The van der Waals surface area contributed by atoms with Gasteiger partial charge in [0.25, 0.3) is 0 Å². The van der Waals surface area contributed by atoms with Crippen LogP contribution in [0, 0.1) is 6.92 Å². The van der Waals surface area contributed by atoms with Gasteiger partial charge in [-0.3, -0.25) is 9.59 Å². The molecule has 7 heteroatoms. The third-order valence-electron chi connectivity index (χ3n) is 4.53. The number of carbonyl (C=O) groups excluding carboxylic acids is 2. The summed E-state index contributed by atoms with van der Waals surface area (Å²) in [5, 5.41) is 0. The van der Waals surface area contributed by atoms with Crippen molar-refractivity contribution < 1.29 is 19.1 Å². The minimum Gasteiger partial charge on any atom is -0.383 e. The van der Waals surface area contributed by atoms with Gasteiger partial charge in [0.2, 0.25) is 0 Å². The smallest absolute Gasteiger partial charge is 0.312 e. The van der Waals surface area contributed by atoms with Crippen molar-refractivity contribution in [2.24, 2.45) is 0 Å². The van der Waals surface area contributed by atoms with Crippen molar-refractivity contribution in [3.05, 3.63) is 29.8 Å². The van der Waals surface area contributed by atoms with E-state index >= 15 is 0 Å². The zero-order valence-corrected chi connectivity index (χ0v) is 15.9. The molecule has 2 rings (SSSR count). The maximum absolute atomic E-state index is 12.6. The molecule has 0 aliphatic carbocycles. The number of aryl methyl sites for hydroxylation is 1. The molecule has 0 N–H and O–H groups in total. The Hall–Kier alpha value is -2.12. The van der Waals surface area contributed by atoms with E-state index < -0.39 is 11.8 Å². The van der Waals surface area contributed by atoms with Crippen LogP contribution in [0.25, 0.3) is 0 Å². The largest absolute Gasteiger partial charge is 0.383 e. The summed E-state index contributed by atoms with van der Waals surface area (Å²) in [6, 6.07) is 8.32. The van der Waals surface area contributed by atoms with Crippen molar-refractivity contribution >= 4 is 17.5 Å². The molecule has 7 nitrogen and oxygen atoms in total. The summed E-state index contributed by atoms with van der Waals surface area (Å²) in [6.07, 6.45) is 0. The number of carbonyl (C=O) groups is 2. The molecular weight excluding hydrogens is 334 g/mol. The van der Waals surface area contributed by atoms with Gasteiger partial charge in [-0.15, -0.1) is 0 Å². The molecule has 1 aliphatic heterocycles. The Morgan fingerprint density at radius 1 is 1.04 bits per heavy atom. The van der Waals surface area contributed by atoms with E-state index in [-0.39, 0.29) is 0 Å². The van der Waals surface area contributed by atoms with Crippen LogP contribution < -0.4 is 4.90 Å². The molecule has 2 amide bonds. The molecule has 1 aromatic rings. The summed E-state index contributed by atoms with van der Waals surface area (Å²) < 4.78 is 10.1. The third kappa shape index (κ3) is 5.44. The molecule has 0 atom stereocenters. The molecular formula is C19H29N3O4. The molecule has 0 saturated carbocycles. The normalized spacial score (nSPS) is 14.4. The van der Waals surface area contributed by atoms with Gasteiger partial charge in [0, 0.05) is 59.2 Å². The van der Waals surface area contributed by atoms with Crippen molar-refractivity contribution in [2.45, 2.75) is 6.92 Å². The first-order valence-electron chi connectivity index (χ1n) is 8.94. The highest BCUT2D eigenvalue weighted by molar-refractivity contribution is 6.34. The maximum atomic E-state index is 12.6. The molecule has 1 fully saturated rings. The Bertz CT molecular complexity index is 592. The fraction of sp³-hybridized carbons (Fsp3) is 0.579. The molecule has 1 saturated heterocycles. The van der Waals surface area contributed by atoms with Crippen molar-refractivity contribution in [3.63, 3.8) is 0 Å². The Morgan fingerprint density at radius 2 is 1.65 bits per heavy atom. The van der Waals surface area contributed by atoms with Gasteiger partial charge in [-0.2, -0.15) is 0 Å². The number of ether oxygens (including phenoxy) is 2. The molecule has 26 heavy (non-hydrogen) atoms. The summed E-state index contributed by atoms with van der Waals surface area (Å²) in [4.78, 5) is 30.5. The maximum Gasteiger partial charge on any atom is 0.312 e. The van der Waals surface area contributed by atoms with E-state index in [1.807, 2.05) is 6.07 Å². The fourth-order valence-electron chi connectivity index (χ4n) is 2.98. The summed E-state index contributed by atoms with van der Waals surface area (Å²) in [5.74, 6) is -0.927. The molecule has 1 aromatic carbocycles. The van der Waals surface area contributed by atoms with E-state index in [0.29, 0.717) is 39.4 Å². The van der Waals surface area contributed by atoms with Crippen molar-refractivity contribution in [2.75, 3.05) is 71.6 Å². The van der Waals surface area contributed by atoms with Gasteiger partial charge in [0.1, 0.15) is 0 Å². The van der Waals surface area contributed by atoms with E-state index in [0.717, 1.165) is 18.8 Å². The van der Waals surface area contributed by atoms with Gasteiger partial charge in [-0.25, -0.2) is 0 Å². The van der Waals surface area contributed by atoms with E-state index in [9.17, 15) is 9.59 Å². The third-order valence-corrected chi connectivity index (χ3v) is 4.53. The lowest BCUT2D eigenvalue weighted by Crippen LogP contribution is -2.54. The zero-order chi connectivity index (χ0) is 18.9.